The van der Waals surface area contributed by atoms with E-state index >= 15 is 0 Å². The highest BCUT2D eigenvalue weighted by Crippen LogP contribution is 2.20. The Labute approximate surface area is 158 Å². The third kappa shape index (κ3) is 4.03. The van der Waals surface area contributed by atoms with Gasteiger partial charge in [0, 0.05) is 32.2 Å². The molecule has 0 bridgehead atoms. The van der Waals surface area contributed by atoms with E-state index in [1.165, 1.54) is 11.0 Å². The van der Waals surface area contributed by atoms with Crippen LogP contribution >= 0.6 is 0 Å². The van der Waals surface area contributed by atoms with Gasteiger partial charge in [0.05, 0.1) is 23.4 Å². The number of sulfone groups is 1. The lowest BCUT2D eigenvalue weighted by molar-refractivity contribution is 0.0552. The van der Waals surface area contributed by atoms with Crippen molar-refractivity contribution in [1.29, 1.82) is 0 Å². The number of carbonyl (C=O) groups excluding carboxylic acids is 1. The van der Waals surface area contributed by atoms with Crippen LogP contribution in [-0.4, -0.2) is 82.8 Å². The minimum Gasteiger partial charge on any atom is -0.335 e. The molecular weight excluding hydrogens is 366 g/mol. The lowest BCUT2D eigenvalue weighted by Crippen LogP contribution is -2.53. The fraction of sp³-hybridized carbons (Fsp3) is 0.500. The molecule has 2 aromatic rings. The van der Waals surface area contributed by atoms with Gasteiger partial charge in [0.15, 0.2) is 5.69 Å². The lowest BCUT2D eigenvalue weighted by atomic mass is 10.1. The summed E-state index contributed by atoms with van der Waals surface area (Å²) in [6, 6.07) is 9.80. The highest BCUT2D eigenvalue weighted by atomic mass is 32.2. The lowest BCUT2D eigenvalue weighted by Gasteiger charge is -2.40. The fourth-order valence-corrected chi connectivity index (χ4v) is 5.21. The van der Waals surface area contributed by atoms with Crippen molar-refractivity contribution in [2.45, 2.75) is 18.9 Å². The highest BCUT2D eigenvalue weighted by Gasteiger charge is 2.31. The van der Waals surface area contributed by atoms with Gasteiger partial charge in [-0.25, -0.2) is 8.42 Å². The number of aromatic nitrogens is 3. The Bertz CT molecular complexity index is 890. The first-order valence-corrected chi connectivity index (χ1v) is 11.1. The summed E-state index contributed by atoms with van der Waals surface area (Å²) in [7, 11) is -2.84. The van der Waals surface area contributed by atoms with Gasteiger partial charge in [0.2, 0.25) is 0 Å². The van der Waals surface area contributed by atoms with Crippen LogP contribution in [0.5, 0.6) is 0 Å². The standard InChI is InChI=1S/C18H23N5O3S/c24-18(17-14-19-23(20-17)16-4-2-1-3-5-16)22-10-8-21(9-11-22)15-6-12-27(25,26)13-7-15/h1-5,14-15H,6-13H2. The van der Waals surface area contributed by atoms with Gasteiger partial charge in [-0.3, -0.25) is 9.69 Å². The van der Waals surface area contributed by atoms with Gasteiger partial charge in [0.25, 0.3) is 5.91 Å². The Morgan fingerprint density at radius 2 is 1.67 bits per heavy atom. The van der Waals surface area contributed by atoms with Crippen molar-refractivity contribution in [3.63, 3.8) is 0 Å². The largest absolute Gasteiger partial charge is 0.335 e. The maximum atomic E-state index is 12.7. The number of hydrogen-bond acceptors (Lipinski definition) is 6. The monoisotopic (exact) mass is 389 g/mol. The Hall–Kier alpha value is -2.26. The van der Waals surface area contributed by atoms with E-state index in [2.05, 4.69) is 15.1 Å². The highest BCUT2D eigenvalue weighted by molar-refractivity contribution is 7.91. The third-order valence-electron chi connectivity index (χ3n) is 5.34. The molecule has 0 aliphatic carbocycles. The smallest absolute Gasteiger partial charge is 0.276 e. The molecule has 9 heteroatoms. The van der Waals surface area contributed by atoms with Crippen LogP contribution < -0.4 is 0 Å². The zero-order chi connectivity index (χ0) is 18.9. The van der Waals surface area contributed by atoms with Crippen LogP contribution in [0.4, 0.5) is 0 Å². The minimum atomic E-state index is -2.84. The van der Waals surface area contributed by atoms with Crippen LogP contribution in [0, 0.1) is 0 Å². The van der Waals surface area contributed by atoms with Gasteiger partial charge in [-0.2, -0.15) is 9.90 Å². The molecule has 1 amide bonds. The molecule has 0 N–H and O–H groups in total. The molecular formula is C18H23N5O3S. The SMILES string of the molecule is O=C(c1cnn(-c2ccccc2)n1)N1CCN(C2CCS(=O)(=O)CC2)CC1. The summed E-state index contributed by atoms with van der Waals surface area (Å²) in [5.41, 5.74) is 1.16. The quantitative estimate of drug-likeness (QED) is 0.764. The first kappa shape index (κ1) is 18.1. The molecule has 0 spiro atoms. The Kier molecular flexibility index (Phi) is 4.96. The van der Waals surface area contributed by atoms with Crippen LogP contribution in [0.2, 0.25) is 0 Å². The number of benzene rings is 1. The molecule has 2 aliphatic rings. The minimum absolute atomic E-state index is 0.108. The van der Waals surface area contributed by atoms with E-state index in [4.69, 9.17) is 0 Å². The number of amides is 1. The molecule has 144 valence electrons. The molecule has 0 saturated carbocycles. The van der Waals surface area contributed by atoms with Crippen LogP contribution in [0.3, 0.4) is 0 Å². The van der Waals surface area contributed by atoms with Crippen molar-refractivity contribution < 1.29 is 13.2 Å². The predicted molar refractivity (Wildman–Crippen MR) is 101 cm³/mol. The molecule has 2 aliphatic heterocycles. The molecule has 2 saturated heterocycles. The van der Waals surface area contributed by atoms with Gasteiger partial charge in [-0.05, 0) is 25.0 Å². The van der Waals surface area contributed by atoms with E-state index in [-0.39, 0.29) is 17.4 Å². The van der Waals surface area contributed by atoms with E-state index < -0.39 is 9.84 Å². The summed E-state index contributed by atoms with van der Waals surface area (Å²) in [4.78, 5) is 18.3. The number of carbonyl (C=O) groups is 1. The summed E-state index contributed by atoms with van der Waals surface area (Å²) in [6.45, 7) is 2.78. The molecule has 4 rings (SSSR count). The van der Waals surface area contributed by atoms with Crippen LogP contribution in [-0.2, 0) is 9.84 Å². The van der Waals surface area contributed by atoms with Crippen LogP contribution in [0.25, 0.3) is 5.69 Å². The van der Waals surface area contributed by atoms with Gasteiger partial charge in [-0.1, -0.05) is 18.2 Å². The number of hydrogen-bond donors (Lipinski definition) is 0. The van der Waals surface area contributed by atoms with Crippen molar-refractivity contribution in [3.8, 4) is 5.69 Å². The molecule has 2 fully saturated rings. The second-order valence-electron chi connectivity index (χ2n) is 7.07. The van der Waals surface area contributed by atoms with Crippen LogP contribution in [0.1, 0.15) is 23.3 Å². The molecule has 3 heterocycles. The van der Waals surface area contributed by atoms with Gasteiger partial charge in [-0.15, -0.1) is 5.10 Å². The van der Waals surface area contributed by atoms with Gasteiger partial charge in [0.1, 0.15) is 9.84 Å². The summed E-state index contributed by atoms with van der Waals surface area (Å²) in [5.74, 6) is 0.446. The number of nitrogens with zero attached hydrogens (tertiary/aromatic N) is 5. The van der Waals surface area contributed by atoms with Crippen molar-refractivity contribution in [1.82, 2.24) is 24.8 Å². The van der Waals surface area contributed by atoms with Gasteiger partial charge < -0.3 is 4.90 Å². The Morgan fingerprint density at radius 1 is 1.00 bits per heavy atom. The molecule has 0 atom stereocenters. The average molecular weight is 389 g/mol. The maximum Gasteiger partial charge on any atom is 0.276 e. The average Bonchev–Trinajstić information content (AvgIpc) is 3.19. The first-order valence-electron chi connectivity index (χ1n) is 9.23. The van der Waals surface area contributed by atoms with Crippen molar-refractivity contribution in [2.24, 2.45) is 0 Å². The van der Waals surface area contributed by atoms with E-state index in [9.17, 15) is 13.2 Å². The summed E-state index contributed by atoms with van der Waals surface area (Å²) < 4.78 is 23.2. The first-order chi connectivity index (χ1) is 13.0. The summed E-state index contributed by atoms with van der Waals surface area (Å²) in [5, 5.41) is 8.51. The van der Waals surface area contributed by atoms with E-state index in [0.29, 0.717) is 37.7 Å². The Morgan fingerprint density at radius 3 is 2.33 bits per heavy atom. The molecule has 0 unspecified atom stereocenters. The Balaban J connectivity index is 1.35. The molecule has 1 aromatic heterocycles. The van der Waals surface area contributed by atoms with E-state index in [0.717, 1.165) is 18.8 Å². The fourth-order valence-electron chi connectivity index (χ4n) is 3.74. The van der Waals surface area contributed by atoms with Crippen molar-refractivity contribution in [2.75, 3.05) is 37.7 Å². The topological polar surface area (TPSA) is 88.4 Å². The van der Waals surface area contributed by atoms with Crippen molar-refractivity contribution in [3.05, 3.63) is 42.2 Å². The van der Waals surface area contributed by atoms with Crippen LogP contribution in [0.15, 0.2) is 36.5 Å². The van der Waals surface area contributed by atoms with Gasteiger partial charge >= 0.3 is 0 Å². The third-order valence-corrected chi connectivity index (χ3v) is 7.06. The zero-order valence-electron chi connectivity index (χ0n) is 15.1. The second kappa shape index (κ2) is 7.40. The molecule has 8 nitrogen and oxygen atoms in total. The summed E-state index contributed by atoms with van der Waals surface area (Å²) >= 11 is 0. The number of rotatable bonds is 3. The summed E-state index contributed by atoms with van der Waals surface area (Å²) in [6.07, 6.45) is 2.90. The maximum absolute atomic E-state index is 12.7. The van der Waals surface area contributed by atoms with E-state index in [1.54, 1.807) is 4.90 Å². The zero-order valence-corrected chi connectivity index (χ0v) is 15.9. The molecule has 27 heavy (non-hydrogen) atoms. The predicted octanol–water partition coefficient (Wildman–Crippen LogP) is 0.602. The van der Waals surface area contributed by atoms with E-state index in [1.807, 2.05) is 30.3 Å². The molecule has 0 radical (unpaired) electrons. The number of piperazine rings is 1. The molecule has 1 aromatic carbocycles. The second-order valence-corrected chi connectivity index (χ2v) is 9.37. The normalized spacial score (nSPS) is 21.3. The van der Waals surface area contributed by atoms with Crippen molar-refractivity contribution >= 4 is 15.7 Å². The number of para-hydroxylation sites is 1.